The summed E-state index contributed by atoms with van der Waals surface area (Å²) in [6.45, 7) is 13.5. The lowest BCUT2D eigenvalue weighted by Gasteiger charge is -2.35. The molecule has 40 heavy (non-hydrogen) atoms. The van der Waals surface area contributed by atoms with Crippen LogP contribution in [0.5, 0.6) is 0 Å². The molecule has 220 valence electrons. The third-order valence-electron chi connectivity index (χ3n) is 6.68. The molecule has 0 saturated heterocycles. The zero-order valence-electron chi connectivity index (χ0n) is 24.8. The summed E-state index contributed by atoms with van der Waals surface area (Å²) in [5.74, 6) is -0.757. The molecule has 2 aromatic rings. The summed E-state index contributed by atoms with van der Waals surface area (Å²) in [6.07, 6.45) is 2.92. The van der Waals surface area contributed by atoms with Gasteiger partial charge in [0.25, 0.3) is 5.91 Å². The van der Waals surface area contributed by atoms with Gasteiger partial charge in [0.2, 0.25) is 5.91 Å². The van der Waals surface area contributed by atoms with Gasteiger partial charge in [-0.2, -0.15) is 12.6 Å². The smallest absolute Gasteiger partial charge is 0.408 e. The lowest BCUT2D eigenvalue weighted by Crippen LogP contribution is -2.53. The van der Waals surface area contributed by atoms with E-state index in [9.17, 15) is 14.4 Å². The normalized spacial score (nSPS) is 12.8. The van der Waals surface area contributed by atoms with Gasteiger partial charge in [-0.1, -0.05) is 68.1 Å². The molecule has 7 nitrogen and oxygen atoms in total. The van der Waals surface area contributed by atoms with Crippen molar-refractivity contribution in [2.75, 3.05) is 17.6 Å². The van der Waals surface area contributed by atoms with Crippen molar-refractivity contribution in [1.82, 2.24) is 10.2 Å². The minimum Gasteiger partial charge on any atom is -0.444 e. The number of amides is 3. The van der Waals surface area contributed by atoms with E-state index >= 15 is 0 Å². The minimum absolute atomic E-state index is 0.0360. The Morgan fingerprint density at radius 2 is 1.65 bits per heavy atom. The van der Waals surface area contributed by atoms with Crippen LogP contribution in [0.1, 0.15) is 81.7 Å². The zero-order valence-corrected chi connectivity index (χ0v) is 26.4. The number of aryl methyl sites for hydroxylation is 2. The third-order valence-corrected chi connectivity index (χ3v) is 7.36. The molecule has 0 aliphatic rings. The Balaban J connectivity index is 2.58. The van der Waals surface area contributed by atoms with Crippen LogP contribution in [0.25, 0.3) is 0 Å². The van der Waals surface area contributed by atoms with Crippen LogP contribution in [0, 0.1) is 20.8 Å². The van der Waals surface area contributed by atoms with Gasteiger partial charge in [0.1, 0.15) is 17.7 Å². The Kier molecular flexibility index (Phi) is 12.8. The topological polar surface area (TPSA) is 87.7 Å². The highest BCUT2D eigenvalue weighted by Crippen LogP contribution is 2.31. The fourth-order valence-electron chi connectivity index (χ4n) is 4.41. The third kappa shape index (κ3) is 9.44. The quantitative estimate of drug-likeness (QED) is 0.181. The molecule has 0 heterocycles. The van der Waals surface area contributed by atoms with E-state index in [0.717, 1.165) is 36.0 Å². The van der Waals surface area contributed by atoms with Gasteiger partial charge < -0.3 is 20.3 Å². The predicted molar refractivity (Wildman–Crippen MR) is 166 cm³/mol. The summed E-state index contributed by atoms with van der Waals surface area (Å²) in [5, 5.41) is 6.07. The molecular formula is C31H44ClN3O4S. The van der Waals surface area contributed by atoms with Crippen LogP contribution < -0.4 is 10.6 Å². The summed E-state index contributed by atoms with van der Waals surface area (Å²) in [7, 11) is 0. The Labute approximate surface area is 249 Å². The molecule has 2 rings (SSSR count). The van der Waals surface area contributed by atoms with Crippen LogP contribution in [-0.2, 0) is 14.3 Å². The van der Waals surface area contributed by atoms with Crippen molar-refractivity contribution < 1.29 is 19.1 Å². The van der Waals surface area contributed by atoms with Gasteiger partial charge in [0, 0.05) is 12.3 Å². The summed E-state index contributed by atoms with van der Waals surface area (Å²) >= 11 is 10.8. The molecule has 0 bridgehead atoms. The molecule has 2 N–H and O–H groups in total. The van der Waals surface area contributed by atoms with E-state index in [1.54, 1.807) is 31.7 Å². The molecule has 0 saturated carbocycles. The lowest BCUT2D eigenvalue weighted by molar-refractivity contribution is -0.140. The maximum atomic E-state index is 14.1. The van der Waals surface area contributed by atoms with Gasteiger partial charge >= 0.3 is 6.09 Å². The maximum Gasteiger partial charge on any atom is 0.408 e. The van der Waals surface area contributed by atoms with Crippen LogP contribution in [-0.4, -0.2) is 46.7 Å². The second kappa shape index (κ2) is 15.3. The largest absolute Gasteiger partial charge is 0.444 e. The molecule has 9 heteroatoms. The van der Waals surface area contributed by atoms with E-state index in [4.69, 9.17) is 16.3 Å². The number of anilines is 1. The molecule has 0 radical (unpaired) electrons. The number of para-hydroxylation sites is 1. The van der Waals surface area contributed by atoms with E-state index in [2.05, 4.69) is 30.2 Å². The number of carbonyl (C=O) groups excluding carboxylic acids is 3. The van der Waals surface area contributed by atoms with Gasteiger partial charge in [0.05, 0.1) is 10.7 Å². The summed E-state index contributed by atoms with van der Waals surface area (Å²) in [5.41, 5.74) is 3.19. The molecule has 0 aliphatic carbocycles. The Morgan fingerprint density at radius 1 is 1.00 bits per heavy atom. The number of hydrogen-bond acceptors (Lipinski definition) is 5. The van der Waals surface area contributed by atoms with Crippen LogP contribution in [0.15, 0.2) is 36.4 Å². The number of thiol groups is 1. The first-order chi connectivity index (χ1) is 18.8. The summed E-state index contributed by atoms with van der Waals surface area (Å²) < 4.78 is 5.40. The fraction of sp³-hybridized carbons (Fsp3) is 0.516. The second-order valence-corrected chi connectivity index (χ2v) is 11.9. The zero-order chi connectivity index (χ0) is 30.0. The van der Waals surface area contributed by atoms with Gasteiger partial charge in [0.15, 0.2) is 0 Å². The number of carbonyl (C=O) groups is 3. The number of nitrogens with zero attached hydrogens (tertiary/aromatic N) is 1. The van der Waals surface area contributed by atoms with Gasteiger partial charge in [-0.05, 0) is 76.3 Å². The first kappa shape index (κ1) is 33.5. The number of halogens is 1. The van der Waals surface area contributed by atoms with Crippen molar-refractivity contribution in [3.05, 3.63) is 63.7 Å². The summed E-state index contributed by atoms with van der Waals surface area (Å²) in [6, 6.07) is 9.16. The monoisotopic (exact) mass is 589 g/mol. The number of hydrogen-bond donors (Lipinski definition) is 3. The SMILES string of the molecule is CCCCCCN(C(=O)C(CS)NC(=O)OC(C)(C)C)C(C(=O)Nc1c(C)cccc1Cl)c1cccc(C)c1C. The van der Waals surface area contributed by atoms with E-state index in [1.807, 2.05) is 51.1 Å². The van der Waals surface area contributed by atoms with Crippen LogP contribution >= 0.6 is 24.2 Å². The van der Waals surface area contributed by atoms with E-state index < -0.39 is 29.7 Å². The van der Waals surface area contributed by atoms with Crippen LogP contribution in [0.3, 0.4) is 0 Å². The molecule has 2 atom stereocenters. The van der Waals surface area contributed by atoms with Gasteiger partial charge in [-0.3, -0.25) is 9.59 Å². The first-order valence-electron chi connectivity index (χ1n) is 13.8. The summed E-state index contributed by atoms with van der Waals surface area (Å²) in [4.78, 5) is 42.5. The average molecular weight is 590 g/mol. The number of alkyl carbamates (subject to hydrolysis) is 1. The number of unbranched alkanes of at least 4 members (excludes halogenated alkanes) is 3. The van der Waals surface area contributed by atoms with Gasteiger partial charge in [-0.15, -0.1) is 0 Å². The minimum atomic E-state index is -0.994. The van der Waals surface area contributed by atoms with Crippen molar-refractivity contribution in [2.45, 2.75) is 91.8 Å². The van der Waals surface area contributed by atoms with Crippen molar-refractivity contribution in [2.24, 2.45) is 0 Å². The highest BCUT2D eigenvalue weighted by atomic mass is 35.5. The van der Waals surface area contributed by atoms with Crippen molar-refractivity contribution >= 4 is 47.8 Å². The van der Waals surface area contributed by atoms with E-state index in [0.29, 0.717) is 29.2 Å². The Morgan fingerprint density at radius 3 is 2.25 bits per heavy atom. The second-order valence-electron chi connectivity index (χ2n) is 11.1. The Bertz CT molecular complexity index is 1160. The highest BCUT2D eigenvalue weighted by molar-refractivity contribution is 7.80. The predicted octanol–water partition coefficient (Wildman–Crippen LogP) is 7.18. The molecule has 0 spiro atoms. The van der Waals surface area contributed by atoms with Crippen molar-refractivity contribution in [3.8, 4) is 0 Å². The van der Waals surface area contributed by atoms with Crippen LogP contribution in [0.2, 0.25) is 5.02 Å². The molecule has 0 aliphatic heterocycles. The molecule has 2 aromatic carbocycles. The molecular weight excluding hydrogens is 546 g/mol. The first-order valence-corrected chi connectivity index (χ1v) is 14.8. The van der Waals surface area contributed by atoms with Crippen molar-refractivity contribution in [3.63, 3.8) is 0 Å². The number of rotatable bonds is 12. The van der Waals surface area contributed by atoms with Gasteiger partial charge in [-0.25, -0.2) is 4.79 Å². The molecule has 0 aromatic heterocycles. The molecule has 3 amide bonds. The van der Waals surface area contributed by atoms with Crippen LogP contribution in [0.4, 0.5) is 10.5 Å². The maximum absolute atomic E-state index is 14.1. The average Bonchev–Trinajstić information content (AvgIpc) is 2.87. The molecule has 2 unspecified atom stereocenters. The van der Waals surface area contributed by atoms with E-state index in [-0.39, 0.29) is 11.7 Å². The fourth-order valence-corrected chi connectivity index (χ4v) is 4.93. The van der Waals surface area contributed by atoms with E-state index in [1.165, 1.54) is 0 Å². The number of benzene rings is 2. The molecule has 0 fully saturated rings. The lowest BCUT2D eigenvalue weighted by atomic mass is 9.94. The van der Waals surface area contributed by atoms with Crippen molar-refractivity contribution in [1.29, 1.82) is 0 Å². The standard InChI is InChI=1S/C31H44ClN3O4S/c1-8-9-10-11-18-35(29(37)25(19-40)33-30(38)39-31(5,6)7)27(23-16-12-14-20(2)22(23)4)28(36)34-26-21(3)15-13-17-24(26)32/h12-17,25,27,40H,8-11,18-19H2,1-7H3,(H,33,38)(H,34,36). The number of nitrogens with one attached hydrogen (secondary N) is 2. The Hall–Kier alpha value is -2.71. The number of ether oxygens (including phenoxy) is 1. The highest BCUT2D eigenvalue weighted by Gasteiger charge is 2.37.